The minimum atomic E-state index is -0.401. The third kappa shape index (κ3) is 2.49. The zero-order chi connectivity index (χ0) is 12.3. The Hall–Kier alpha value is -0.570. The third-order valence-electron chi connectivity index (χ3n) is 4.82. The van der Waals surface area contributed by atoms with E-state index in [1.54, 1.807) is 0 Å². The van der Waals surface area contributed by atoms with Gasteiger partial charge in [0.1, 0.15) is 5.54 Å². The smallest absolute Gasteiger partial charge is 0.238 e. The molecular weight excluding hydrogens is 212 g/mol. The molecular formula is C14H26N2O. The quantitative estimate of drug-likeness (QED) is 0.790. The Morgan fingerprint density at radius 1 is 1.24 bits per heavy atom. The molecule has 3 nitrogen and oxygen atoms in total. The molecule has 0 aliphatic heterocycles. The first kappa shape index (κ1) is 12.9. The Labute approximate surface area is 105 Å². The molecule has 2 aliphatic rings. The number of primary amides is 1. The maximum absolute atomic E-state index is 12.0. The largest absolute Gasteiger partial charge is 0.368 e. The molecule has 0 heterocycles. The van der Waals surface area contributed by atoms with Crippen molar-refractivity contribution in [3.8, 4) is 0 Å². The SMILES string of the molecule is CCC1CCCCC1(NC1CCCC1)C(N)=O. The first-order chi connectivity index (χ1) is 8.19. The van der Waals surface area contributed by atoms with E-state index in [2.05, 4.69) is 12.2 Å². The first-order valence-electron chi connectivity index (χ1n) is 7.26. The van der Waals surface area contributed by atoms with Crippen molar-refractivity contribution in [2.75, 3.05) is 0 Å². The van der Waals surface area contributed by atoms with Crippen LogP contribution >= 0.6 is 0 Å². The molecule has 2 fully saturated rings. The second kappa shape index (κ2) is 5.38. The summed E-state index contributed by atoms with van der Waals surface area (Å²) in [6, 6.07) is 0.523. The first-order valence-corrected chi connectivity index (χ1v) is 7.26. The van der Waals surface area contributed by atoms with Crippen molar-refractivity contribution in [3.05, 3.63) is 0 Å². The number of nitrogens with two attached hydrogens (primary N) is 1. The van der Waals surface area contributed by atoms with Gasteiger partial charge in [0.15, 0.2) is 0 Å². The van der Waals surface area contributed by atoms with Gasteiger partial charge in [-0.15, -0.1) is 0 Å². The zero-order valence-corrected chi connectivity index (χ0v) is 11.0. The summed E-state index contributed by atoms with van der Waals surface area (Å²) >= 11 is 0. The van der Waals surface area contributed by atoms with Gasteiger partial charge in [-0.25, -0.2) is 0 Å². The van der Waals surface area contributed by atoms with E-state index in [1.807, 2.05) is 0 Å². The van der Waals surface area contributed by atoms with E-state index in [-0.39, 0.29) is 5.91 Å². The Morgan fingerprint density at radius 2 is 1.88 bits per heavy atom. The maximum Gasteiger partial charge on any atom is 0.238 e. The summed E-state index contributed by atoms with van der Waals surface area (Å²) < 4.78 is 0. The van der Waals surface area contributed by atoms with Gasteiger partial charge in [-0.2, -0.15) is 0 Å². The van der Waals surface area contributed by atoms with Crippen LogP contribution in [-0.4, -0.2) is 17.5 Å². The lowest BCUT2D eigenvalue weighted by atomic mass is 9.70. The Morgan fingerprint density at radius 3 is 2.47 bits per heavy atom. The second-order valence-electron chi connectivity index (χ2n) is 5.81. The predicted octanol–water partition coefficient (Wildman–Crippen LogP) is 2.34. The molecule has 0 aromatic carbocycles. The van der Waals surface area contributed by atoms with Gasteiger partial charge in [0.2, 0.25) is 5.91 Å². The molecule has 17 heavy (non-hydrogen) atoms. The van der Waals surface area contributed by atoms with Crippen LogP contribution in [0.25, 0.3) is 0 Å². The van der Waals surface area contributed by atoms with E-state index in [0.29, 0.717) is 12.0 Å². The molecule has 3 N–H and O–H groups in total. The summed E-state index contributed by atoms with van der Waals surface area (Å²) in [5.41, 5.74) is 5.34. The normalized spacial score (nSPS) is 35.0. The van der Waals surface area contributed by atoms with Gasteiger partial charge < -0.3 is 11.1 Å². The minimum absolute atomic E-state index is 0.115. The van der Waals surface area contributed by atoms with Crippen LogP contribution in [0.2, 0.25) is 0 Å². The second-order valence-corrected chi connectivity index (χ2v) is 5.81. The lowest BCUT2D eigenvalue weighted by Crippen LogP contribution is -2.63. The molecule has 0 aromatic rings. The third-order valence-corrected chi connectivity index (χ3v) is 4.82. The van der Waals surface area contributed by atoms with Crippen LogP contribution < -0.4 is 11.1 Å². The van der Waals surface area contributed by atoms with E-state index < -0.39 is 5.54 Å². The number of amides is 1. The van der Waals surface area contributed by atoms with Crippen LogP contribution in [0, 0.1) is 5.92 Å². The molecule has 0 saturated heterocycles. The molecule has 0 bridgehead atoms. The fourth-order valence-electron chi connectivity index (χ4n) is 3.82. The Kier molecular flexibility index (Phi) is 4.08. The van der Waals surface area contributed by atoms with Gasteiger partial charge >= 0.3 is 0 Å². The molecule has 0 spiro atoms. The monoisotopic (exact) mass is 238 g/mol. The van der Waals surface area contributed by atoms with Gasteiger partial charge in [-0.1, -0.05) is 39.0 Å². The van der Waals surface area contributed by atoms with Crippen molar-refractivity contribution in [1.82, 2.24) is 5.32 Å². The molecule has 0 aromatic heterocycles. The van der Waals surface area contributed by atoms with Crippen molar-refractivity contribution >= 4 is 5.91 Å². The molecule has 2 aliphatic carbocycles. The van der Waals surface area contributed by atoms with Crippen molar-refractivity contribution < 1.29 is 4.79 Å². The lowest BCUT2D eigenvalue weighted by molar-refractivity contribution is -0.129. The fraction of sp³-hybridized carbons (Fsp3) is 0.929. The summed E-state index contributed by atoms with van der Waals surface area (Å²) in [4.78, 5) is 12.0. The van der Waals surface area contributed by atoms with Crippen LogP contribution in [0.5, 0.6) is 0 Å². The number of hydrogen-bond acceptors (Lipinski definition) is 2. The van der Waals surface area contributed by atoms with Gasteiger partial charge in [-0.05, 0) is 31.6 Å². The highest BCUT2D eigenvalue weighted by atomic mass is 16.1. The van der Waals surface area contributed by atoms with Gasteiger partial charge in [0, 0.05) is 6.04 Å². The number of rotatable bonds is 4. The molecule has 2 saturated carbocycles. The van der Waals surface area contributed by atoms with Gasteiger partial charge in [-0.3, -0.25) is 4.79 Å². The number of nitrogens with one attached hydrogen (secondary N) is 1. The molecule has 2 atom stereocenters. The number of carbonyl (C=O) groups is 1. The maximum atomic E-state index is 12.0. The average Bonchev–Trinajstić information content (AvgIpc) is 2.82. The van der Waals surface area contributed by atoms with E-state index in [4.69, 9.17) is 5.73 Å². The van der Waals surface area contributed by atoms with Crippen molar-refractivity contribution in [2.24, 2.45) is 11.7 Å². The fourth-order valence-corrected chi connectivity index (χ4v) is 3.82. The van der Waals surface area contributed by atoms with Crippen LogP contribution in [0.3, 0.4) is 0 Å². The molecule has 2 rings (SSSR count). The van der Waals surface area contributed by atoms with Crippen molar-refractivity contribution in [1.29, 1.82) is 0 Å². The molecule has 3 heteroatoms. The summed E-state index contributed by atoms with van der Waals surface area (Å²) in [6.07, 6.45) is 10.6. The highest BCUT2D eigenvalue weighted by Crippen LogP contribution is 2.37. The van der Waals surface area contributed by atoms with Gasteiger partial charge in [0.25, 0.3) is 0 Å². The molecule has 2 unspecified atom stereocenters. The Balaban J connectivity index is 2.13. The zero-order valence-electron chi connectivity index (χ0n) is 11.0. The van der Waals surface area contributed by atoms with Crippen molar-refractivity contribution in [3.63, 3.8) is 0 Å². The molecule has 1 amide bonds. The van der Waals surface area contributed by atoms with Gasteiger partial charge in [0.05, 0.1) is 0 Å². The van der Waals surface area contributed by atoms with E-state index in [1.165, 1.54) is 32.1 Å². The van der Waals surface area contributed by atoms with Crippen LogP contribution in [-0.2, 0) is 4.79 Å². The standard InChI is InChI=1S/C14H26N2O/c1-2-11-7-5-6-10-14(11,13(15)17)16-12-8-3-4-9-12/h11-12,16H,2-10H2,1H3,(H2,15,17). The summed E-state index contributed by atoms with van der Waals surface area (Å²) in [6.45, 7) is 2.18. The predicted molar refractivity (Wildman–Crippen MR) is 69.6 cm³/mol. The van der Waals surface area contributed by atoms with E-state index in [0.717, 1.165) is 25.7 Å². The lowest BCUT2D eigenvalue weighted by Gasteiger charge is -2.44. The van der Waals surface area contributed by atoms with Crippen LogP contribution in [0.1, 0.15) is 64.7 Å². The minimum Gasteiger partial charge on any atom is -0.368 e. The van der Waals surface area contributed by atoms with Crippen LogP contribution in [0.15, 0.2) is 0 Å². The highest BCUT2D eigenvalue weighted by Gasteiger charge is 2.45. The summed E-state index contributed by atoms with van der Waals surface area (Å²) in [5, 5.41) is 3.66. The number of hydrogen-bond donors (Lipinski definition) is 2. The molecule has 0 radical (unpaired) electrons. The molecule has 98 valence electrons. The number of carbonyl (C=O) groups excluding carboxylic acids is 1. The van der Waals surface area contributed by atoms with E-state index in [9.17, 15) is 4.79 Å². The van der Waals surface area contributed by atoms with E-state index >= 15 is 0 Å². The van der Waals surface area contributed by atoms with Crippen LogP contribution in [0.4, 0.5) is 0 Å². The topological polar surface area (TPSA) is 55.1 Å². The highest BCUT2D eigenvalue weighted by molar-refractivity contribution is 5.85. The summed E-state index contributed by atoms with van der Waals surface area (Å²) in [5.74, 6) is 0.324. The average molecular weight is 238 g/mol. The van der Waals surface area contributed by atoms with Crippen molar-refractivity contribution in [2.45, 2.75) is 76.3 Å². The Bertz CT molecular complexity index is 273. The summed E-state index contributed by atoms with van der Waals surface area (Å²) in [7, 11) is 0.